The molecule has 0 fully saturated rings. The van der Waals surface area contributed by atoms with E-state index in [9.17, 15) is 9.59 Å². The number of carbonyl (C=O) groups excluding carboxylic acids is 2. The number of amides is 1. The van der Waals surface area contributed by atoms with Crippen LogP contribution in [0.25, 0.3) is 10.9 Å². The molecule has 0 atom stereocenters. The summed E-state index contributed by atoms with van der Waals surface area (Å²) in [5.41, 5.74) is 2.36. The lowest BCUT2D eigenvalue weighted by molar-refractivity contribution is -0.145. The van der Waals surface area contributed by atoms with Gasteiger partial charge in [0, 0.05) is 25.3 Å². The number of ether oxygens (including phenoxy) is 1. The highest BCUT2D eigenvalue weighted by atomic mass is 35.5. The number of hydrogen-bond acceptors (Lipinski definition) is 4. The van der Waals surface area contributed by atoms with Crippen LogP contribution < -0.4 is 5.32 Å². The zero-order valence-electron chi connectivity index (χ0n) is 14.6. The van der Waals surface area contributed by atoms with Crippen molar-refractivity contribution >= 4 is 34.4 Å². The average Bonchev–Trinajstić information content (AvgIpc) is 2.59. The maximum Gasteiger partial charge on any atom is 0.306 e. The molecule has 6 heteroatoms. The summed E-state index contributed by atoms with van der Waals surface area (Å²) < 4.78 is 5.30. The number of pyridine rings is 1. The van der Waals surface area contributed by atoms with Crippen LogP contribution in [-0.4, -0.2) is 23.4 Å². The quantitative estimate of drug-likeness (QED) is 0.570. The Morgan fingerprint density at radius 1 is 1.20 bits per heavy atom. The Hall–Kier alpha value is -2.14. The second-order valence-corrected chi connectivity index (χ2v) is 6.35. The van der Waals surface area contributed by atoms with Crippen molar-refractivity contribution < 1.29 is 14.3 Å². The first kappa shape index (κ1) is 19.2. The maximum atomic E-state index is 11.9. The molecule has 1 aromatic carbocycles. The summed E-state index contributed by atoms with van der Waals surface area (Å²) in [7, 11) is 0. The number of nitrogens with one attached hydrogen (secondary N) is 1. The minimum atomic E-state index is -0.261. The molecule has 0 aliphatic rings. The lowest BCUT2D eigenvalue weighted by Crippen LogP contribution is -2.20. The molecule has 25 heavy (non-hydrogen) atoms. The van der Waals surface area contributed by atoms with Gasteiger partial charge in [0.05, 0.1) is 16.2 Å². The smallest absolute Gasteiger partial charge is 0.306 e. The number of halogens is 1. The lowest BCUT2D eigenvalue weighted by Gasteiger charge is -2.10. The van der Waals surface area contributed by atoms with Crippen molar-refractivity contribution in [3.05, 3.63) is 40.5 Å². The number of para-hydroxylation sites is 1. The predicted octanol–water partition coefficient (Wildman–Crippen LogP) is 3.94. The van der Waals surface area contributed by atoms with Crippen molar-refractivity contribution in [2.75, 3.05) is 6.54 Å². The van der Waals surface area contributed by atoms with Crippen LogP contribution >= 0.6 is 11.6 Å². The molecule has 134 valence electrons. The second-order valence-electron chi connectivity index (χ2n) is 5.97. The zero-order chi connectivity index (χ0) is 18.2. The van der Waals surface area contributed by atoms with Gasteiger partial charge in [0.15, 0.2) is 0 Å². The number of fused-ring (bicyclic) bond motifs is 1. The van der Waals surface area contributed by atoms with Gasteiger partial charge in [0.2, 0.25) is 5.91 Å². The number of unbranched alkanes of at least 4 members (excludes halogenated alkanes) is 2. The third-order valence-electron chi connectivity index (χ3n) is 3.95. The molecule has 1 heterocycles. The molecule has 0 saturated heterocycles. The Bertz CT molecular complexity index is 762. The summed E-state index contributed by atoms with van der Waals surface area (Å²) >= 11 is 6.35. The molecule has 0 aliphatic heterocycles. The van der Waals surface area contributed by atoms with E-state index in [1.807, 2.05) is 31.2 Å². The lowest BCUT2D eigenvalue weighted by atomic mass is 10.1. The highest BCUT2D eigenvalue weighted by Gasteiger charge is 2.12. The first-order valence-corrected chi connectivity index (χ1v) is 8.80. The molecular formula is C19H23ClN2O3. The molecule has 1 aromatic heterocycles. The summed E-state index contributed by atoms with van der Waals surface area (Å²) in [6.07, 6.45) is 2.80. The van der Waals surface area contributed by atoms with E-state index < -0.39 is 0 Å². The first-order valence-electron chi connectivity index (χ1n) is 8.43. The second kappa shape index (κ2) is 9.37. The van der Waals surface area contributed by atoms with Crippen molar-refractivity contribution in [2.45, 2.75) is 46.1 Å². The summed E-state index contributed by atoms with van der Waals surface area (Å²) in [5.74, 6) is -0.294. The number of esters is 1. The Balaban J connectivity index is 1.81. The van der Waals surface area contributed by atoms with Crippen LogP contribution in [0.3, 0.4) is 0 Å². The van der Waals surface area contributed by atoms with Crippen LogP contribution in [0.1, 0.15) is 43.9 Å². The van der Waals surface area contributed by atoms with E-state index in [1.165, 1.54) is 6.92 Å². The molecule has 2 rings (SSSR count). The van der Waals surface area contributed by atoms with Gasteiger partial charge in [-0.05, 0) is 31.4 Å². The fourth-order valence-electron chi connectivity index (χ4n) is 2.57. The molecule has 0 saturated carbocycles. The van der Waals surface area contributed by atoms with E-state index in [4.69, 9.17) is 16.3 Å². The summed E-state index contributed by atoms with van der Waals surface area (Å²) in [6.45, 7) is 4.15. The highest BCUT2D eigenvalue weighted by Crippen LogP contribution is 2.27. The molecule has 0 radical (unpaired) electrons. The highest BCUT2D eigenvalue weighted by molar-refractivity contribution is 6.32. The summed E-state index contributed by atoms with van der Waals surface area (Å²) in [6, 6.07) is 7.75. The molecule has 0 unspecified atom stereocenters. The van der Waals surface area contributed by atoms with Gasteiger partial charge in [-0.25, -0.2) is 4.98 Å². The van der Waals surface area contributed by atoms with Crippen LogP contribution in [0.15, 0.2) is 24.3 Å². The van der Waals surface area contributed by atoms with E-state index in [1.54, 1.807) is 0 Å². The van der Waals surface area contributed by atoms with Crippen LogP contribution in [-0.2, 0) is 20.9 Å². The molecule has 0 aliphatic carbocycles. The first-order chi connectivity index (χ1) is 12.0. The fraction of sp³-hybridized carbons (Fsp3) is 0.421. The molecule has 1 N–H and O–H groups in total. The zero-order valence-corrected chi connectivity index (χ0v) is 15.4. The minimum absolute atomic E-state index is 0.0329. The van der Waals surface area contributed by atoms with E-state index in [-0.39, 0.29) is 18.5 Å². The van der Waals surface area contributed by atoms with Gasteiger partial charge >= 0.3 is 5.97 Å². The number of carbonyl (C=O) groups is 2. The predicted molar refractivity (Wildman–Crippen MR) is 98.4 cm³/mol. The van der Waals surface area contributed by atoms with Gasteiger partial charge < -0.3 is 10.1 Å². The van der Waals surface area contributed by atoms with Gasteiger partial charge in [-0.2, -0.15) is 0 Å². The summed E-state index contributed by atoms with van der Waals surface area (Å²) in [4.78, 5) is 27.1. The van der Waals surface area contributed by atoms with Crippen molar-refractivity contribution in [3.63, 3.8) is 0 Å². The van der Waals surface area contributed by atoms with Crippen LogP contribution in [0.2, 0.25) is 5.02 Å². The Morgan fingerprint density at radius 2 is 1.96 bits per heavy atom. The standard InChI is InChI=1S/C19H23ClN2O3/c1-13-15-8-5-6-9-16(15)22-17(19(13)20)12-25-18(24)10-4-3-7-11-21-14(2)23/h5-6,8-9H,3-4,7,10-12H2,1-2H3,(H,21,23). The van der Waals surface area contributed by atoms with Crippen LogP contribution in [0.4, 0.5) is 0 Å². The van der Waals surface area contributed by atoms with E-state index in [2.05, 4.69) is 10.3 Å². The topological polar surface area (TPSA) is 68.3 Å². The van der Waals surface area contributed by atoms with Gasteiger partial charge in [-0.1, -0.05) is 36.2 Å². The van der Waals surface area contributed by atoms with Crippen molar-refractivity contribution in [1.29, 1.82) is 0 Å². The van der Waals surface area contributed by atoms with Crippen LogP contribution in [0, 0.1) is 6.92 Å². The van der Waals surface area contributed by atoms with E-state index >= 15 is 0 Å². The van der Waals surface area contributed by atoms with Crippen molar-refractivity contribution in [2.24, 2.45) is 0 Å². The van der Waals surface area contributed by atoms with Crippen LogP contribution in [0.5, 0.6) is 0 Å². The molecular weight excluding hydrogens is 340 g/mol. The minimum Gasteiger partial charge on any atom is -0.459 e. The number of rotatable bonds is 8. The third-order valence-corrected chi connectivity index (χ3v) is 4.45. The SMILES string of the molecule is CC(=O)NCCCCCC(=O)OCc1nc2ccccc2c(C)c1Cl. The fourth-order valence-corrected chi connectivity index (χ4v) is 2.77. The molecule has 5 nitrogen and oxygen atoms in total. The van der Waals surface area contributed by atoms with Gasteiger partial charge in [-0.15, -0.1) is 0 Å². The van der Waals surface area contributed by atoms with Gasteiger partial charge in [0.25, 0.3) is 0 Å². The van der Waals surface area contributed by atoms with Crippen molar-refractivity contribution in [3.8, 4) is 0 Å². The molecule has 2 aromatic rings. The molecule has 0 bridgehead atoms. The molecule has 0 spiro atoms. The third kappa shape index (κ3) is 5.71. The van der Waals surface area contributed by atoms with E-state index in [0.29, 0.717) is 23.7 Å². The van der Waals surface area contributed by atoms with Gasteiger partial charge in [0.1, 0.15) is 6.61 Å². The Kier molecular flexibility index (Phi) is 7.19. The number of benzene rings is 1. The number of nitrogens with zero attached hydrogens (tertiary/aromatic N) is 1. The largest absolute Gasteiger partial charge is 0.459 e. The Labute approximate surface area is 152 Å². The Morgan fingerprint density at radius 3 is 2.72 bits per heavy atom. The number of aromatic nitrogens is 1. The number of aryl methyl sites for hydroxylation is 1. The summed E-state index contributed by atoms with van der Waals surface area (Å²) in [5, 5.41) is 4.27. The maximum absolute atomic E-state index is 11.9. The number of hydrogen-bond donors (Lipinski definition) is 1. The normalized spacial score (nSPS) is 10.7. The van der Waals surface area contributed by atoms with E-state index in [0.717, 1.165) is 35.7 Å². The molecule has 1 amide bonds. The average molecular weight is 363 g/mol. The monoisotopic (exact) mass is 362 g/mol. The van der Waals surface area contributed by atoms with Gasteiger partial charge in [-0.3, -0.25) is 9.59 Å². The van der Waals surface area contributed by atoms with Crippen molar-refractivity contribution in [1.82, 2.24) is 10.3 Å².